The van der Waals surface area contributed by atoms with Crippen molar-refractivity contribution in [2.45, 2.75) is 11.3 Å². The molecule has 1 aliphatic rings. The van der Waals surface area contributed by atoms with Gasteiger partial charge in [0, 0.05) is 6.61 Å². The van der Waals surface area contributed by atoms with E-state index in [1.807, 2.05) is 0 Å². The van der Waals surface area contributed by atoms with Gasteiger partial charge in [-0.25, -0.2) is 8.42 Å². The largest absolute Gasteiger partial charge is 0.496 e. The molecule has 0 aliphatic carbocycles. The van der Waals surface area contributed by atoms with Crippen LogP contribution in [0.5, 0.6) is 5.75 Å². The van der Waals surface area contributed by atoms with Crippen molar-refractivity contribution in [2.24, 2.45) is 5.92 Å². The first-order valence-corrected chi connectivity index (χ1v) is 8.15. The molecule has 1 aromatic carbocycles. The van der Waals surface area contributed by atoms with Gasteiger partial charge in [-0.1, -0.05) is 0 Å². The summed E-state index contributed by atoms with van der Waals surface area (Å²) in [5.74, 6) is 0.264. The first kappa shape index (κ1) is 15.3. The summed E-state index contributed by atoms with van der Waals surface area (Å²) in [5, 5.41) is -0.747. The highest BCUT2D eigenvalue weighted by Gasteiger charge is 2.26. The molecule has 0 unspecified atom stereocenters. The number of methoxy groups -OCH3 is 1. The lowest BCUT2D eigenvalue weighted by molar-refractivity contribution is 0.107. The average Bonchev–Trinajstić information content (AvgIpc) is 2.89. The van der Waals surface area contributed by atoms with E-state index in [0.717, 1.165) is 6.42 Å². The molecule has 7 heteroatoms. The molecule has 1 heterocycles. The van der Waals surface area contributed by atoms with Gasteiger partial charge in [0.2, 0.25) is 0 Å². The van der Waals surface area contributed by atoms with Crippen molar-refractivity contribution in [1.29, 1.82) is 0 Å². The Bertz CT molecular complexity index is 605. The monoisotopic (exact) mass is 318 g/mol. The number of carbonyl (C=O) groups is 1. The molecule has 0 saturated carbocycles. The summed E-state index contributed by atoms with van der Waals surface area (Å²) in [6, 6.07) is 4.13. The fourth-order valence-electron chi connectivity index (χ4n) is 2.16. The average molecular weight is 319 g/mol. The van der Waals surface area contributed by atoms with Crippen LogP contribution < -0.4 is 4.74 Å². The molecule has 0 spiro atoms. The van der Waals surface area contributed by atoms with Gasteiger partial charge in [0.25, 0.3) is 5.24 Å². The molecule has 5 nitrogen and oxygen atoms in total. The highest BCUT2D eigenvalue weighted by molar-refractivity contribution is 7.91. The smallest absolute Gasteiger partial charge is 0.256 e. The Kier molecular flexibility index (Phi) is 4.67. The van der Waals surface area contributed by atoms with Gasteiger partial charge in [0.1, 0.15) is 5.75 Å². The van der Waals surface area contributed by atoms with E-state index < -0.39 is 15.1 Å². The van der Waals surface area contributed by atoms with Crippen molar-refractivity contribution in [3.63, 3.8) is 0 Å². The van der Waals surface area contributed by atoms with Gasteiger partial charge in [0.05, 0.1) is 29.9 Å². The summed E-state index contributed by atoms with van der Waals surface area (Å²) in [6.45, 7) is 1.05. The van der Waals surface area contributed by atoms with Crippen LogP contribution in [0.3, 0.4) is 0 Å². The fraction of sp³-hybridized carbons (Fsp3) is 0.462. The van der Waals surface area contributed by atoms with Crippen LogP contribution in [-0.2, 0) is 14.6 Å². The molecule has 0 amide bonds. The first-order valence-electron chi connectivity index (χ1n) is 6.12. The van der Waals surface area contributed by atoms with Crippen molar-refractivity contribution < 1.29 is 22.7 Å². The van der Waals surface area contributed by atoms with E-state index in [2.05, 4.69) is 0 Å². The molecule has 0 radical (unpaired) electrons. The number of carbonyl (C=O) groups excluding carboxylic acids is 1. The second kappa shape index (κ2) is 6.11. The molecule has 0 N–H and O–H groups in total. The highest BCUT2D eigenvalue weighted by Crippen LogP contribution is 2.26. The van der Waals surface area contributed by atoms with Crippen LogP contribution in [0.2, 0.25) is 0 Å². The van der Waals surface area contributed by atoms with Gasteiger partial charge in [-0.05, 0) is 42.1 Å². The number of ether oxygens (including phenoxy) is 2. The summed E-state index contributed by atoms with van der Waals surface area (Å²) < 4.78 is 34.8. The fourth-order valence-corrected chi connectivity index (χ4v) is 3.95. The molecule has 1 fully saturated rings. The summed E-state index contributed by atoms with van der Waals surface area (Å²) in [7, 11) is -2.08. The number of rotatable bonds is 5. The Hall–Kier alpha value is -1.11. The minimum atomic E-state index is -3.47. The molecule has 20 heavy (non-hydrogen) atoms. The zero-order valence-electron chi connectivity index (χ0n) is 11.0. The lowest BCUT2D eigenvalue weighted by Crippen LogP contribution is -2.17. The van der Waals surface area contributed by atoms with Crippen molar-refractivity contribution in [3.05, 3.63) is 23.8 Å². The van der Waals surface area contributed by atoms with Crippen LogP contribution in [0.4, 0.5) is 0 Å². The quantitative estimate of drug-likeness (QED) is 0.775. The summed E-state index contributed by atoms with van der Waals surface area (Å²) in [5.41, 5.74) is 0.0536. The van der Waals surface area contributed by atoms with Gasteiger partial charge in [0.15, 0.2) is 9.84 Å². The molecule has 0 aromatic heterocycles. The van der Waals surface area contributed by atoms with Crippen molar-refractivity contribution in [2.75, 3.05) is 26.1 Å². The van der Waals surface area contributed by atoms with Gasteiger partial charge in [-0.15, -0.1) is 0 Å². The van der Waals surface area contributed by atoms with Crippen LogP contribution in [0, 0.1) is 5.92 Å². The van der Waals surface area contributed by atoms with Gasteiger partial charge < -0.3 is 9.47 Å². The molecular weight excluding hydrogens is 304 g/mol. The normalized spacial score (nSPS) is 19.0. The predicted octanol–water partition coefficient (Wildman–Crippen LogP) is 1.88. The zero-order chi connectivity index (χ0) is 14.8. The van der Waals surface area contributed by atoms with E-state index in [9.17, 15) is 13.2 Å². The van der Waals surface area contributed by atoms with E-state index in [0.29, 0.717) is 13.2 Å². The van der Waals surface area contributed by atoms with E-state index in [1.165, 1.54) is 25.3 Å². The molecule has 1 aromatic rings. The molecule has 2 rings (SSSR count). The second-order valence-corrected chi connectivity index (χ2v) is 7.02. The molecule has 110 valence electrons. The summed E-state index contributed by atoms with van der Waals surface area (Å²) in [4.78, 5) is 11.4. The van der Waals surface area contributed by atoms with Gasteiger partial charge in [-0.3, -0.25) is 4.79 Å². The Balaban J connectivity index is 2.31. The van der Waals surface area contributed by atoms with Crippen molar-refractivity contribution >= 4 is 26.7 Å². The Morgan fingerprint density at radius 2 is 2.25 bits per heavy atom. The van der Waals surface area contributed by atoms with Crippen LogP contribution >= 0.6 is 11.6 Å². The maximum absolute atomic E-state index is 12.3. The standard InChI is InChI=1S/C13H15ClO5S/c1-18-12-3-2-10(6-11(12)13(14)15)20(16,17)8-9-4-5-19-7-9/h2-3,6,9H,4-5,7-8H2,1H3/t9-/m0/s1. The summed E-state index contributed by atoms with van der Waals surface area (Å²) in [6.07, 6.45) is 0.733. The van der Waals surface area contributed by atoms with Gasteiger partial charge >= 0.3 is 0 Å². The number of halogens is 1. The molecule has 1 saturated heterocycles. The molecule has 1 atom stereocenters. The van der Waals surface area contributed by atoms with E-state index in [1.54, 1.807) is 0 Å². The first-order chi connectivity index (χ1) is 9.44. The SMILES string of the molecule is COc1ccc(S(=O)(=O)C[C@H]2CCOC2)cc1C(=O)Cl. The third-order valence-corrected chi connectivity index (χ3v) is 5.31. The van der Waals surface area contributed by atoms with E-state index >= 15 is 0 Å². The summed E-state index contributed by atoms with van der Waals surface area (Å²) >= 11 is 5.45. The lowest BCUT2D eigenvalue weighted by atomic mass is 10.2. The Labute approximate surface area is 122 Å². The maximum Gasteiger partial charge on any atom is 0.256 e. The van der Waals surface area contributed by atoms with E-state index in [-0.39, 0.29) is 27.9 Å². The minimum Gasteiger partial charge on any atom is -0.496 e. The number of sulfone groups is 1. The third-order valence-electron chi connectivity index (χ3n) is 3.22. The third kappa shape index (κ3) is 3.31. The minimum absolute atomic E-state index is 0.00254. The lowest BCUT2D eigenvalue weighted by Gasteiger charge is -2.11. The predicted molar refractivity (Wildman–Crippen MR) is 74.2 cm³/mol. The highest BCUT2D eigenvalue weighted by atomic mass is 35.5. The topological polar surface area (TPSA) is 69.7 Å². The van der Waals surface area contributed by atoms with E-state index in [4.69, 9.17) is 21.1 Å². The van der Waals surface area contributed by atoms with Crippen LogP contribution in [-0.4, -0.2) is 39.7 Å². The zero-order valence-corrected chi connectivity index (χ0v) is 12.5. The van der Waals surface area contributed by atoms with Crippen LogP contribution in [0.1, 0.15) is 16.8 Å². The maximum atomic E-state index is 12.3. The Morgan fingerprint density at radius 1 is 1.50 bits per heavy atom. The molecule has 1 aliphatic heterocycles. The number of benzene rings is 1. The Morgan fingerprint density at radius 3 is 2.80 bits per heavy atom. The van der Waals surface area contributed by atoms with Gasteiger partial charge in [-0.2, -0.15) is 0 Å². The van der Waals surface area contributed by atoms with Crippen LogP contribution in [0.25, 0.3) is 0 Å². The number of hydrogen-bond donors (Lipinski definition) is 0. The second-order valence-electron chi connectivity index (χ2n) is 4.65. The van der Waals surface area contributed by atoms with Crippen molar-refractivity contribution in [3.8, 4) is 5.75 Å². The molecule has 0 bridgehead atoms. The molecular formula is C13H15ClO5S. The van der Waals surface area contributed by atoms with Crippen LogP contribution in [0.15, 0.2) is 23.1 Å². The van der Waals surface area contributed by atoms with Crippen molar-refractivity contribution in [1.82, 2.24) is 0 Å². The number of hydrogen-bond acceptors (Lipinski definition) is 5.